The highest BCUT2D eigenvalue weighted by atomic mass is 16.3. The maximum absolute atomic E-state index is 9.24. The molecule has 14 heavy (non-hydrogen) atoms. The highest BCUT2D eigenvalue weighted by Crippen LogP contribution is 2.20. The quantitative estimate of drug-likeness (QED) is 0.548. The standard InChI is InChI=1S/C8H9N5O/c9-8-12-11-7(13(8)10)5-2-1-3-6(14)4-5/h1-4,14H,10H2,(H2,9,12). The minimum absolute atomic E-state index is 0.128. The summed E-state index contributed by atoms with van der Waals surface area (Å²) < 4.78 is 1.16. The Balaban J connectivity index is 2.55. The van der Waals surface area contributed by atoms with Gasteiger partial charge < -0.3 is 16.7 Å². The lowest BCUT2D eigenvalue weighted by Gasteiger charge is -2.01. The first kappa shape index (κ1) is 8.36. The summed E-state index contributed by atoms with van der Waals surface area (Å²) in [5.74, 6) is 6.26. The van der Waals surface area contributed by atoms with E-state index >= 15 is 0 Å². The largest absolute Gasteiger partial charge is 0.508 e. The molecule has 0 aliphatic carbocycles. The van der Waals surface area contributed by atoms with Crippen LogP contribution < -0.4 is 11.6 Å². The van der Waals surface area contributed by atoms with Gasteiger partial charge in [0.05, 0.1) is 0 Å². The second-order valence-corrected chi connectivity index (χ2v) is 2.80. The number of nitrogens with two attached hydrogens (primary N) is 2. The van der Waals surface area contributed by atoms with Gasteiger partial charge in [0.2, 0.25) is 5.95 Å². The fourth-order valence-electron chi connectivity index (χ4n) is 1.15. The highest BCUT2D eigenvalue weighted by molar-refractivity contribution is 5.58. The minimum Gasteiger partial charge on any atom is -0.508 e. The van der Waals surface area contributed by atoms with Crippen molar-refractivity contribution in [1.82, 2.24) is 14.9 Å². The summed E-state index contributed by atoms with van der Waals surface area (Å²) in [7, 11) is 0. The van der Waals surface area contributed by atoms with Crippen LogP contribution in [0.1, 0.15) is 0 Å². The van der Waals surface area contributed by atoms with E-state index in [0.717, 1.165) is 4.68 Å². The number of hydrogen-bond donors (Lipinski definition) is 3. The van der Waals surface area contributed by atoms with Gasteiger partial charge in [0, 0.05) is 5.56 Å². The van der Waals surface area contributed by atoms with Crippen LogP contribution in [-0.4, -0.2) is 20.0 Å². The van der Waals surface area contributed by atoms with Gasteiger partial charge in [-0.3, -0.25) is 0 Å². The van der Waals surface area contributed by atoms with E-state index in [2.05, 4.69) is 10.2 Å². The third-order valence-electron chi connectivity index (χ3n) is 1.83. The summed E-state index contributed by atoms with van der Waals surface area (Å²) in [6.45, 7) is 0. The molecule has 1 heterocycles. The first-order chi connectivity index (χ1) is 6.68. The number of nitrogen functional groups attached to an aromatic ring is 2. The number of anilines is 1. The van der Waals surface area contributed by atoms with E-state index in [1.54, 1.807) is 18.2 Å². The van der Waals surface area contributed by atoms with E-state index in [1.165, 1.54) is 6.07 Å². The van der Waals surface area contributed by atoms with Crippen molar-refractivity contribution >= 4 is 5.95 Å². The molecule has 72 valence electrons. The van der Waals surface area contributed by atoms with E-state index < -0.39 is 0 Å². The van der Waals surface area contributed by atoms with Gasteiger partial charge in [0.1, 0.15) is 5.75 Å². The van der Waals surface area contributed by atoms with Gasteiger partial charge in [-0.1, -0.05) is 12.1 Å². The summed E-state index contributed by atoms with van der Waals surface area (Å²) in [6.07, 6.45) is 0. The zero-order valence-electron chi connectivity index (χ0n) is 7.25. The molecule has 5 N–H and O–H groups in total. The summed E-state index contributed by atoms with van der Waals surface area (Å²) >= 11 is 0. The Morgan fingerprint density at radius 2 is 2.07 bits per heavy atom. The monoisotopic (exact) mass is 191 g/mol. The van der Waals surface area contributed by atoms with E-state index in [0.29, 0.717) is 11.4 Å². The van der Waals surface area contributed by atoms with Gasteiger partial charge in [0.25, 0.3) is 0 Å². The van der Waals surface area contributed by atoms with Crippen molar-refractivity contribution < 1.29 is 5.11 Å². The van der Waals surface area contributed by atoms with Gasteiger partial charge in [-0.15, -0.1) is 10.2 Å². The first-order valence-electron chi connectivity index (χ1n) is 3.94. The van der Waals surface area contributed by atoms with Crippen LogP contribution >= 0.6 is 0 Å². The molecule has 1 aromatic heterocycles. The Bertz CT molecular complexity index is 465. The number of phenols is 1. The van der Waals surface area contributed by atoms with Crippen molar-refractivity contribution in [3.05, 3.63) is 24.3 Å². The Morgan fingerprint density at radius 1 is 1.29 bits per heavy atom. The Hall–Kier alpha value is -2.24. The SMILES string of the molecule is Nc1nnc(-c2cccc(O)c2)n1N. The topological polar surface area (TPSA) is 103 Å². The molecule has 6 nitrogen and oxygen atoms in total. The smallest absolute Gasteiger partial charge is 0.241 e. The van der Waals surface area contributed by atoms with Gasteiger partial charge in [-0.05, 0) is 12.1 Å². The normalized spacial score (nSPS) is 10.3. The van der Waals surface area contributed by atoms with Crippen molar-refractivity contribution in [2.24, 2.45) is 0 Å². The second-order valence-electron chi connectivity index (χ2n) is 2.80. The molecule has 1 aromatic carbocycles. The molecule has 0 fully saturated rings. The van der Waals surface area contributed by atoms with Crippen molar-refractivity contribution in [3.8, 4) is 17.1 Å². The Kier molecular flexibility index (Phi) is 1.74. The van der Waals surface area contributed by atoms with E-state index in [-0.39, 0.29) is 11.7 Å². The molecule has 0 spiro atoms. The van der Waals surface area contributed by atoms with Gasteiger partial charge in [0.15, 0.2) is 5.82 Å². The Morgan fingerprint density at radius 3 is 2.64 bits per heavy atom. The third-order valence-corrected chi connectivity index (χ3v) is 1.83. The maximum Gasteiger partial charge on any atom is 0.241 e. The van der Waals surface area contributed by atoms with Crippen LogP contribution in [0.15, 0.2) is 24.3 Å². The van der Waals surface area contributed by atoms with Crippen LogP contribution in [0.4, 0.5) is 5.95 Å². The molecule has 0 amide bonds. The molecular formula is C8H9N5O. The fourth-order valence-corrected chi connectivity index (χ4v) is 1.15. The zero-order valence-corrected chi connectivity index (χ0v) is 7.25. The lowest BCUT2D eigenvalue weighted by molar-refractivity contribution is 0.475. The van der Waals surface area contributed by atoms with Crippen LogP contribution in [0.2, 0.25) is 0 Å². The Labute approximate surface area is 79.8 Å². The molecule has 0 radical (unpaired) electrons. The molecule has 2 rings (SSSR count). The molecule has 0 saturated heterocycles. The summed E-state index contributed by atoms with van der Waals surface area (Å²) in [6, 6.07) is 6.54. The predicted octanol–water partition coefficient (Wildman–Crippen LogP) is -0.0533. The van der Waals surface area contributed by atoms with Gasteiger partial charge in [-0.2, -0.15) is 0 Å². The zero-order chi connectivity index (χ0) is 10.1. The fraction of sp³-hybridized carbons (Fsp3) is 0. The first-order valence-corrected chi connectivity index (χ1v) is 3.94. The molecule has 6 heteroatoms. The van der Waals surface area contributed by atoms with Gasteiger partial charge in [-0.25, -0.2) is 4.68 Å². The highest BCUT2D eigenvalue weighted by Gasteiger charge is 2.08. The summed E-state index contributed by atoms with van der Waals surface area (Å²) in [5, 5.41) is 16.6. The third kappa shape index (κ3) is 1.22. The number of phenolic OH excluding ortho intramolecular Hbond substituents is 1. The van der Waals surface area contributed by atoms with Crippen molar-refractivity contribution in [3.63, 3.8) is 0 Å². The molecule has 0 unspecified atom stereocenters. The average molecular weight is 191 g/mol. The molecule has 0 saturated carbocycles. The number of rotatable bonds is 1. The van der Waals surface area contributed by atoms with Crippen LogP contribution in [-0.2, 0) is 0 Å². The van der Waals surface area contributed by atoms with Crippen LogP contribution in [0, 0.1) is 0 Å². The van der Waals surface area contributed by atoms with E-state index in [9.17, 15) is 5.11 Å². The van der Waals surface area contributed by atoms with Crippen molar-refractivity contribution in [1.29, 1.82) is 0 Å². The number of aromatic nitrogens is 3. The van der Waals surface area contributed by atoms with Crippen LogP contribution in [0.5, 0.6) is 5.75 Å². The van der Waals surface area contributed by atoms with Crippen LogP contribution in [0.3, 0.4) is 0 Å². The number of nitrogens with zero attached hydrogens (tertiary/aromatic N) is 3. The molecule has 0 atom stereocenters. The number of hydrogen-bond acceptors (Lipinski definition) is 5. The average Bonchev–Trinajstić information content (AvgIpc) is 2.48. The minimum atomic E-state index is 0.128. The summed E-state index contributed by atoms with van der Waals surface area (Å²) in [5.41, 5.74) is 6.08. The lowest BCUT2D eigenvalue weighted by atomic mass is 10.2. The summed E-state index contributed by atoms with van der Waals surface area (Å²) in [4.78, 5) is 0. The lowest BCUT2D eigenvalue weighted by Crippen LogP contribution is -2.13. The molecule has 0 aliphatic heterocycles. The van der Waals surface area contributed by atoms with Crippen molar-refractivity contribution in [2.75, 3.05) is 11.6 Å². The maximum atomic E-state index is 9.24. The van der Waals surface area contributed by atoms with E-state index in [4.69, 9.17) is 11.6 Å². The predicted molar refractivity (Wildman–Crippen MR) is 51.7 cm³/mol. The van der Waals surface area contributed by atoms with Gasteiger partial charge >= 0.3 is 0 Å². The second kappa shape index (κ2) is 2.91. The molecule has 2 aromatic rings. The van der Waals surface area contributed by atoms with Crippen LogP contribution in [0.25, 0.3) is 11.4 Å². The number of aromatic hydroxyl groups is 1. The molecule has 0 aliphatic rings. The molecule has 0 bridgehead atoms. The van der Waals surface area contributed by atoms with E-state index in [1.807, 2.05) is 0 Å². The molecular weight excluding hydrogens is 182 g/mol. The van der Waals surface area contributed by atoms with Crippen molar-refractivity contribution in [2.45, 2.75) is 0 Å². The number of benzene rings is 1.